The number of hydrogen-bond donors (Lipinski definition) is 1. The van der Waals surface area contributed by atoms with Gasteiger partial charge >= 0.3 is 6.18 Å². The molecule has 0 spiro atoms. The zero-order valence-corrected chi connectivity index (χ0v) is 9.19. The first-order chi connectivity index (χ1) is 8.45. The van der Waals surface area contributed by atoms with Crippen LogP contribution >= 0.6 is 0 Å². The Bertz CT molecular complexity index is 522. The minimum atomic E-state index is -4.49. The Kier molecular flexibility index (Phi) is 3.13. The van der Waals surface area contributed by atoms with E-state index in [4.69, 9.17) is 4.52 Å². The standard InChI is InChI=1S/C9H8F3N5O/c1-5-14-8(18-17-5)4-13-7-3-2-6(15-16-7)9(10,11)12/h2-3H,4H2,1H3,(H,13,16). The van der Waals surface area contributed by atoms with E-state index < -0.39 is 11.9 Å². The molecule has 0 radical (unpaired) electrons. The quantitative estimate of drug-likeness (QED) is 0.905. The maximum Gasteiger partial charge on any atom is 0.435 e. The molecule has 2 aromatic heterocycles. The summed E-state index contributed by atoms with van der Waals surface area (Å²) in [5.41, 5.74) is -1.04. The van der Waals surface area contributed by atoms with Gasteiger partial charge in [-0.05, 0) is 19.1 Å². The molecule has 0 fully saturated rings. The Morgan fingerprint density at radius 1 is 1.28 bits per heavy atom. The number of anilines is 1. The highest BCUT2D eigenvalue weighted by molar-refractivity contribution is 5.33. The molecule has 0 aromatic carbocycles. The summed E-state index contributed by atoms with van der Waals surface area (Å²) in [6.45, 7) is 1.83. The number of hydrogen-bond acceptors (Lipinski definition) is 6. The lowest BCUT2D eigenvalue weighted by Crippen LogP contribution is -2.10. The predicted molar refractivity (Wildman–Crippen MR) is 53.4 cm³/mol. The summed E-state index contributed by atoms with van der Waals surface area (Å²) in [6.07, 6.45) is -4.49. The van der Waals surface area contributed by atoms with Crippen LogP contribution in [0.3, 0.4) is 0 Å². The predicted octanol–water partition coefficient (Wildman–Crippen LogP) is 1.80. The van der Waals surface area contributed by atoms with Gasteiger partial charge in [0.05, 0.1) is 6.54 Å². The number of halogens is 3. The molecule has 0 atom stereocenters. The fraction of sp³-hybridized carbons (Fsp3) is 0.333. The van der Waals surface area contributed by atoms with Gasteiger partial charge in [0, 0.05) is 0 Å². The molecule has 1 N–H and O–H groups in total. The van der Waals surface area contributed by atoms with Crippen molar-refractivity contribution in [3.05, 3.63) is 29.5 Å². The first-order valence-electron chi connectivity index (χ1n) is 4.89. The maximum atomic E-state index is 12.2. The Labute approximate surface area is 99.2 Å². The van der Waals surface area contributed by atoms with Crippen molar-refractivity contribution in [3.8, 4) is 0 Å². The third-order valence-electron chi connectivity index (χ3n) is 1.95. The normalized spacial score (nSPS) is 11.6. The molecule has 0 aliphatic rings. The second-order valence-corrected chi connectivity index (χ2v) is 3.39. The highest BCUT2D eigenvalue weighted by atomic mass is 19.4. The Hall–Kier alpha value is -2.19. The van der Waals surface area contributed by atoms with Crippen molar-refractivity contribution in [3.63, 3.8) is 0 Å². The maximum absolute atomic E-state index is 12.2. The number of nitrogens with one attached hydrogen (secondary N) is 1. The number of aromatic nitrogens is 4. The molecule has 9 heteroatoms. The summed E-state index contributed by atoms with van der Waals surface area (Å²) in [7, 11) is 0. The molecule has 0 aliphatic carbocycles. The van der Waals surface area contributed by atoms with Crippen LogP contribution in [0.25, 0.3) is 0 Å². The second kappa shape index (κ2) is 4.59. The van der Waals surface area contributed by atoms with E-state index in [-0.39, 0.29) is 12.4 Å². The van der Waals surface area contributed by atoms with Gasteiger partial charge in [-0.25, -0.2) is 0 Å². The third kappa shape index (κ3) is 2.93. The van der Waals surface area contributed by atoms with Gasteiger partial charge in [0.15, 0.2) is 11.5 Å². The largest absolute Gasteiger partial charge is 0.435 e. The molecule has 0 amide bonds. The number of aryl methyl sites for hydroxylation is 1. The van der Waals surface area contributed by atoms with Crippen molar-refractivity contribution in [2.45, 2.75) is 19.6 Å². The molecule has 2 rings (SSSR count). The van der Waals surface area contributed by atoms with Crippen LogP contribution in [-0.2, 0) is 12.7 Å². The van der Waals surface area contributed by atoms with Crippen LogP contribution in [0.2, 0.25) is 0 Å². The summed E-state index contributed by atoms with van der Waals surface area (Å²) >= 11 is 0. The first-order valence-corrected chi connectivity index (χ1v) is 4.89. The zero-order chi connectivity index (χ0) is 13.2. The fourth-order valence-electron chi connectivity index (χ4n) is 1.16. The number of alkyl halides is 3. The number of rotatable bonds is 3. The highest BCUT2D eigenvalue weighted by Gasteiger charge is 2.32. The molecule has 0 saturated carbocycles. The Balaban J connectivity index is 1.98. The lowest BCUT2D eigenvalue weighted by atomic mass is 10.4. The topological polar surface area (TPSA) is 76.7 Å². The lowest BCUT2D eigenvalue weighted by Gasteiger charge is -2.05. The third-order valence-corrected chi connectivity index (χ3v) is 1.95. The van der Waals surface area contributed by atoms with Gasteiger partial charge in [0.2, 0.25) is 5.89 Å². The van der Waals surface area contributed by atoms with E-state index in [9.17, 15) is 13.2 Å². The molecule has 2 aromatic rings. The van der Waals surface area contributed by atoms with Crippen LogP contribution in [-0.4, -0.2) is 20.3 Å². The van der Waals surface area contributed by atoms with Gasteiger partial charge in [-0.15, -0.1) is 10.2 Å². The number of nitrogens with zero attached hydrogens (tertiary/aromatic N) is 4. The van der Waals surface area contributed by atoms with Crippen LogP contribution < -0.4 is 5.32 Å². The summed E-state index contributed by atoms with van der Waals surface area (Å²) < 4.78 is 41.5. The van der Waals surface area contributed by atoms with Crippen LogP contribution in [0, 0.1) is 6.92 Å². The molecule has 0 bridgehead atoms. The van der Waals surface area contributed by atoms with Crippen molar-refractivity contribution in [1.82, 2.24) is 20.3 Å². The fourth-order valence-corrected chi connectivity index (χ4v) is 1.16. The van der Waals surface area contributed by atoms with Crippen molar-refractivity contribution in [2.24, 2.45) is 0 Å². The molecule has 2 heterocycles. The summed E-state index contributed by atoms with van der Waals surface area (Å²) in [5, 5.41) is 12.7. The van der Waals surface area contributed by atoms with Gasteiger partial charge in [0.1, 0.15) is 5.82 Å². The molecular formula is C9H8F3N5O. The second-order valence-electron chi connectivity index (χ2n) is 3.39. The van der Waals surface area contributed by atoms with Crippen LogP contribution in [0.5, 0.6) is 0 Å². The van der Waals surface area contributed by atoms with E-state index >= 15 is 0 Å². The molecule has 0 saturated heterocycles. The monoisotopic (exact) mass is 259 g/mol. The molecule has 18 heavy (non-hydrogen) atoms. The SMILES string of the molecule is Cc1noc(CNc2ccc(C(F)(F)F)nn2)n1. The van der Waals surface area contributed by atoms with Gasteiger partial charge in [-0.2, -0.15) is 18.2 Å². The summed E-state index contributed by atoms with van der Waals surface area (Å²) in [6, 6.07) is 2.02. The van der Waals surface area contributed by atoms with E-state index in [0.717, 1.165) is 6.07 Å². The Morgan fingerprint density at radius 3 is 2.56 bits per heavy atom. The van der Waals surface area contributed by atoms with Crippen LogP contribution in [0.4, 0.5) is 19.0 Å². The van der Waals surface area contributed by atoms with E-state index in [1.807, 2.05) is 0 Å². The summed E-state index contributed by atoms with van der Waals surface area (Å²) in [5.74, 6) is 0.985. The molecule has 6 nitrogen and oxygen atoms in total. The molecule has 0 unspecified atom stereocenters. The van der Waals surface area contributed by atoms with E-state index in [1.54, 1.807) is 6.92 Å². The van der Waals surface area contributed by atoms with Crippen molar-refractivity contribution >= 4 is 5.82 Å². The minimum Gasteiger partial charge on any atom is -0.360 e. The van der Waals surface area contributed by atoms with Crippen molar-refractivity contribution in [1.29, 1.82) is 0 Å². The van der Waals surface area contributed by atoms with Crippen LogP contribution in [0.15, 0.2) is 16.7 Å². The molecule has 96 valence electrons. The van der Waals surface area contributed by atoms with Gasteiger partial charge in [-0.1, -0.05) is 5.16 Å². The molecule has 0 aliphatic heterocycles. The van der Waals surface area contributed by atoms with Crippen LogP contribution in [0.1, 0.15) is 17.4 Å². The van der Waals surface area contributed by atoms with Gasteiger partial charge < -0.3 is 9.84 Å². The average Bonchev–Trinajstić information content (AvgIpc) is 2.72. The average molecular weight is 259 g/mol. The first kappa shape index (κ1) is 12.3. The van der Waals surface area contributed by atoms with E-state index in [2.05, 4.69) is 25.7 Å². The highest BCUT2D eigenvalue weighted by Crippen LogP contribution is 2.27. The van der Waals surface area contributed by atoms with E-state index in [1.165, 1.54) is 6.07 Å². The Morgan fingerprint density at radius 2 is 2.06 bits per heavy atom. The zero-order valence-electron chi connectivity index (χ0n) is 9.19. The van der Waals surface area contributed by atoms with Crippen molar-refractivity contribution in [2.75, 3.05) is 5.32 Å². The smallest absolute Gasteiger partial charge is 0.360 e. The lowest BCUT2D eigenvalue weighted by molar-refractivity contribution is -0.141. The van der Waals surface area contributed by atoms with Gasteiger partial charge in [-0.3, -0.25) is 0 Å². The van der Waals surface area contributed by atoms with Gasteiger partial charge in [0.25, 0.3) is 0 Å². The van der Waals surface area contributed by atoms with E-state index in [0.29, 0.717) is 11.7 Å². The van der Waals surface area contributed by atoms with Crippen molar-refractivity contribution < 1.29 is 17.7 Å². The summed E-state index contributed by atoms with van der Waals surface area (Å²) in [4.78, 5) is 3.91. The minimum absolute atomic E-state index is 0.168. The molecular weight excluding hydrogens is 251 g/mol.